The Labute approximate surface area is 74.0 Å². The van der Waals surface area contributed by atoms with Gasteiger partial charge < -0.3 is 4.98 Å². The molecule has 4 nitrogen and oxygen atoms in total. The summed E-state index contributed by atoms with van der Waals surface area (Å²) in [5.41, 5.74) is 0.325. The van der Waals surface area contributed by atoms with E-state index in [1.807, 2.05) is 18.2 Å². The van der Waals surface area contributed by atoms with E-state index in [-0.39, 0.29) is 0 Å². The van der Waals surface area contributed by atoms with Crippen LogP contribution in [0.15, 0.2) is 34.1 Å². The fourth-order valence-electron chi connectivity index (χ4n) is 1.21. The zero-order chi connectivity index (χ0) is 9.26. The fraction of sp³-hybridized carbons (Fsp3) is 0. The lowest BCUT2D eigenvalue weighted by Gasteiger charge is -1.98. The van der Waals surface area contributed by atoms with Crippen molar-refractivity contribution in [3.05, 3.63) is 34.7 Å². The molecule has 0 atom stereocenters. The van der Waals surface area contributed by atoms with Crippen LogP contribution in [-0.4, -0.2) is 16.7 Å². The van der Waals surface area contributed by atoms with E-state index in [9.17, 15) is 4.79 Å². The highest BCUT2D eigenvalue weighted by Crippen LogP contribution is 2.18. The summed E-state index contributed by atoms with van der Waals surface area (Å²) < 4.78 is 0. The average Bonchev–Trinajstić information content (AvgIpc) is 2.16. The van der Waals surface area contributed by atoms with E-state index >= 15 is 0 Å². The van der Waals surface area contributed by atoms with Gasteiger partial charge in [0.25, 0.3) is 0 Å². The lowest BCUT2D eigenvalue weighted by Crippen LogP contribution is -2.09. The topological polar surface area (TPSA) is 58.1 Å². The van der Waals surface area contributed by atoms with Crippen LogP contribution in [0, 0.1) is 0 Å². The van der Waals surface area contributed by atoms with E-state index in [1.165, 1.54) is 0 Å². The van der Waals surface area contributed by atoms with Gasteiger partial charge in [0, 0.05) is 5.39 Å². The molecule has 13 heavy (non-hydrogen) atoms. The van der Waals surface area contributed by atoms with Crippen LogP contribution in [0.5, 0.6) is 0 Å². The number of nitrogens with one attached hydrogen (secondary N) is 1. The van der Waals surface area contributed by atoms with Crippen molar-refractivity contribution in [3.8, 4) is 0 Å². The second-order valence-corrected chi connectivity index (χ2v) is 2.57. The number of hydrogen-bond acceptors (Lipinski definition) is 3. The molecule has 0 aliphatic heterocycles. The van der Waals surface area contributed by atoms with Crippen molar-refractivity contribution in [2.45, 2.75) is 0 Å². The van der Waals surface area contributed by atoms with Crippen molar-refractivity contribution >= 4 is 23.4 Å². The summed E-state index contributed by atoms with van der Waals surface area (Å²) in [6, 6.07) is 7.33. The maximum Gasteiger partial charge on any atom is 0.347 e. The van der Waals surface area contributed by atoms with Crippen LogP contribution >= 0.6 is 0 Å². The van der Waals surface area contributed by atoms with E-state index in [1.54, 1.807) is 6.07 Å². The number of benzene rings is 1. The smallest absolute Gasteiger partial charge is 0.305 e. The number of hydrogen-bond donors (Lipinski definition) is 1. The number of nitrogens with zero attached hydrogens (tertiary/aromatic N) is 2. The molecule has 2 aromatic rings. The van der Waals surface area contributed by atoms with Crippen LogP contribution in [0.2, 0.25) is 0 Å². The first-order chi connectivity index (χ1) is 6.31. The highest BCUT2D eigenvalue weighted by atomic mass is 16.1. The van der Waals surface area contributed by atoms with Gasteiger partial charge in [0.2, 0.25) is 0 Å². The van der Waals surface area contributed by atoms with Crippen molar-refractivity contribution in [1.29, 1.82) is 0 Å². The summed E-state index contributed by atoms with van der Waals surface area (Å²) in [5, 5.41) is 0.803. The third kappa shape index (κ3) is 1.22. The molecule has 0 unspecified atom stereocenters. The molecule has 0 spiro atoms. The predicted molar refractivity (Wildman–Crippen MR) is 51.6 cm³/mol. The Morgan fingerprint density at radius 3 is 2.92 bits per heavy atom. The first-order valence-electron chi connectivity index (χ1n) is 3.77. The van der Waals surface area contributed by atoms with E-state index in [0.717, 1.165) is 10.9 Å². The number of aliphatic imine (C=N–C) groups is 1. The second kappa shape index (κ2) is 2.82. The molecule has 1 N–H and O–H groups in total. The molecule has 0 aliphatic rings. The minimum absolute atomic E-state index is 0.374. The summed E-state index contributed by atoms with van der Waals surface area (Å²) in [6.07, 6.45) is 0. The summed E-state index contributed by atoms with van der Waals surface area (Å²) in [5.74, 6) is 0.374. The molecule has 0 saturated heterocycles. The van der Waals surface area contributed by atoms with Crippen molar-refractivity contribution in [3.63, 3.8) is 0 Å². The Bertz CT molecular complexity index is 515. The fourth-order valence-corrected chi connectivity index (χ4v) is 1.21. The number of rotatable bonds is 1. The lowest BCUT2D eigenvalue weighted by atomic mass is 10.2. The molecule has 1 aromatic heterocycles. The number of H-pyrrole nitrogens is 1. The zero-order valence-electron chi connectivity index (χ0n) is 6.82. The van der Waals surface area contributed by atoms with Gasteiger partial charge in [-0.15, -0.1) is 0 Å². The molecule has 4 heteroatoms. The highest BCUT2D eigenvalue weighted by molar-refractivity contribution is 5.87. The number of para-hydroxylation sites is 1. The molecule has 1 aromatic carbocycles. The Morgan fingerprint density at radius 2 is 2.15 bits per heavy atom. The Balaban J connectivity index is 2.97. The number of fused-ring (bicyclic) bond motifs is 1. The van der Waals surface area contributed by atoms with Gasteiger partial charge in [0.05, 0.1) is 5.52 Å². The first kappa shape index (κ1) is 7.67. The summed E-state index contributed by atoms with van der Waals surface area (Å²) in [6.45, 7) is 3.36. The second-order valence-electron chi connectivity index (χ2n) is 2.57. The van der Waals surface area contributed by atoms with Gasteiger partial charge in [-0.25, -0.2) is 9.79 Å². The van der Waals surface area contributed by atoms with Crippen LogP contribution in [-0.2, 0) is 0 Å². The SMILES string of the molecule is C=Nc1nc(=O)[nH]c2ccccc12. The van der Waals surface area contributed by atoms with Gasteiger partial charge in [-0.1, -0.05) is 12.1 Å². The van der Waals surface area contributed by atoms with Gasteiger partial charge in [-0.2, -0.15) is 4.98 Å². The molecule has 0 saturated carbocycles. The lowest BCUT2D eigenvalue weighted by molar-refractivity contribution is 1.11. The molecule has 64 valence electrons. The quantitative estimate of drug-likeness (QED) is 0.660. The number of aromatic nitrogens is 2. The van der Waals surface area contributed by atoms with Crippen LogP contribution in [0.25, 0.3) is 10.9 Å². The van der Waals surface area contributed by atoms with Gasteiger partial charge in [-0.05, 0) is 18.9 Å². The van der Waals surface area contributed by atoms with Crippen molar-refractivity contribution in [2.24, 2.45) is 4.99 Å². The third-order valence-corrected chi connectivity index (χ3v) is 1.77. The molecule has 1 heterocycles. The largest absolute Gasteiger partial charge is 0.347 e. The highest BCUT2D eigenvalue weighted by Gasteiger charge is 2.00. The van der Waals surface area contributed by atoms with Crippen molar-refractivity contribution in [2.75, 3.05) is 0 Å². The molecule has 0 amide bonds. The van der Waals surface area contributed by atoms with Crippen LogP contribution < -0.4 is 5.69 Å². The first-order valence-corrected chi connectivity index (χ1v) is 3.77. The van der Waals surface area contributed by atoms with Crippen LogP contribution in [0.4, 0.5) is 5.82 Å². The minimum atomic E-state index is -0.402. The van der Waals surface area contributed by atoms with Crippen molar-refractivity contribution < 1.29 is 0 Å². The normalized spacial score (nSPS) is 10.2. The van der Waals surface area contributed by atoms with Crippen LogP contribution in [0.3, 0.4) is 0 Å². The Kier molecular flexibility index (Phi) is 1.66. The molecule has 2 rings (SSSR count). The summed E-state index contributed by atoms with van der Waals surface area (Å²) in [7, 11) is 0. The van der Waals surface area contributed by atoms with E-state index < -0.39 is 5.69 Å². The number of aromatic amines is 1. The zero-order valence-corrected chi connectivity index (χ0v) is 6.82. The minimum Gasteiger partial charge on any atom is -0.305 e. The molecular weight excluding hydrogens is 166 g/mol. The van der Waals surface area contributed by atoms with Gasteiger partial charge >= 0.3 is 5.69 Å². The summed E-state index contributed by atoms with van der Waals surface area (Å²) in [4.78, 5) is 21.0. The van der Waals surface area contributed by atoms with E-state index in [4.69, 9.17) is 0 Å². The monoisotopic (exact) mass is 173 g/mol. The Morgan fingerprint density at radius 1 is 1.38 bits per heavy atom. The van der Waals surface area contributed by atoms with Gasteiger partial charge in [0.15, 0.2) is 5.82 Å². The van der Waals surface area contributed by atoms with Gasteiger partial charge in [-0.3, -0.25) is 0 Å². The predicted octanol–water partition coefficient (Wildman–Crippen LogP) is 1.26. The third-order valence-electron chi connectivity index (χ3n) is 1.77. The molecule has 0 aliphatic carbocycles. The molecular formula is C9H7N3O. The molecule has 0 bridgehead atoms. The Hall–Kier alpha value is -1.97. The van der Waals surface area contributed by atoms with Gasteiger partial charge in [0.1, 0.15) is 0 Å². The standard InChI is InChI=1S/C9H7N3O/c1-10-8-6-4-2-3-5-7(6)11-9(13)12-8/h2-5H,1H2,(H,11,12,13). The maximum absolute atomic E-state index is 11.0. The molecule has 0 radical (unpaired) electrons. The van der Waals surface area contributed by atoms with Crippen molar-refractivity contribution in [1.82, 2.24) is 9.97 Å². The molecule has 0 fully saturated rings. The maximum atomic E-state index is 11.0. The van der Waals surface area contributed by atoms with E-state index in [2.05, 4.69) is 21.7 Å². The van der Waals surface area contributed by atoms with Crippen LogP contribution in [0.1, 0.15) is 0 Å². The summed E-state index contributed by atoms with van der Waals surface area (Å²) >= 11 is 0. The van der Waals surface area contributed by atoms with E-state index in [0.29, 0.717) is 5.82 Å². The average molecular weight is 173 g/mol.